The first-order chi connectivity index (χ1) is 8.49. The molecule has 4 heteroatoms. The summed E-state index contributed by atoms with van der Waals surface area (Å²) >= 11 is 5.56. The van der Waals surface area contributed by atoms with Crippen molar-refractivity contribution in [2.75, 3.05) is 5.73 Å². The molecule has 0 aliphatic rings. The number of rotatable bonds is 2. The number of benzene rings is 2. The highest BCUT2D eigenvalue weighted by molar-refractivity contribution is 14.1. The summed E-state index contributed by atoms with van der Waals surface area (Å²) in [6.07, 6.45) is 0. The molecule has 18 heavy (non-hydrogen) atoms. The second kappa shape index (κ2) is 5.40. The van der Waals surface area contributed by atoms with E-state index in [0.29, 0.717) is 16.8 Å². The molecule has 0 saturated carbocycles. The molecule has 0 amide bonds. The molecular formula is C14H11BrINO. The van der Waals surface area contributed by atoms with Gasteiger partial charge in [0, 0.05) is 24.9 Å². The zero-order valence-electron chi connectivity index (χ0n) is 9.71. The van der Waals surface area contributed by atoms with E-state index in [1.807, 2.05) is 31.2 Å². The van der Waals surface area contributed by atoms with Crippen LogP contribution in [0.4, 0.5) is 5.69 Å². The number of ketones is 1. The Labute approximate surface area is 128 Å². The molecule has 0 spiro atoms. The van der Waals surface area contributed by atoms with E-state index >= 15 is 0 Å². The Bertz CT molecular complexity index is 625. The van der Waals surface area contributed by atoms with E-state index in [4.69, 9.17) is 5.73 Å². The average molecular weight is 416 g/mol. The van der Waals surface area contributed by atoms with Gasteiger partial charge in [-0.25, -0.2) is 0 Å². The number of carbonyl (C=O) groups is 1. The van der Waals surface area contributed by atoms with Gasteiger partial charge in [0.15, 0.2) is 5.78 Å². The second-order valence-corrected chi connectivity index (χ2v) is 6.10. The molecular weight excluding hydrogens is 405 g/mol. The first kappa shape index (κ1) is 13.5. The zero-order chi connectivity index (χ0) is 13.3. The lowest BCUT2D eigenvalue weighted by atomic mass is 10.0. The van der Waals surface area contributed by atoms with E-state index in [-0.39, 0.29) is 5.78 Å². The second-order valence-electron chi connectivity index (χ2n) is 4.02. The molecule has 0 saturated heterocycles. The van der Waals surface area contributed by atoms with Gasteiger partial charge >= 0.3 is 0 Å². The van der Waals surface area contributed by atoms with Gasteiger partial charge in [-0.2, -0.15) is 0 Å². The molecule has 92 valence electrons. The van der Waals surface area contributed by atoms with Gasteiger partial charge in [0.1, 0.15) is 0 Å². The van der Waals surface area contributed by atoms with Crippen molar-refractivity contribution in [1.82, 2.24) is 0 Å². The highest BCUT2D eigenvalue weighted by Gasteiger charge is 2.13. The standard InChI is InChI=1S/C14H11BrINO/c1-8-6-9(2-5-13(8)17)14(18)11-7-10(15)3-4-12(11)16/h2-7H,17H2,1H3. The molecule has 0 aliphatic heterocycles. The smallest absolute Gasteiger partial charge is 0.194 e. The molecule has 0 unspecified atom stereocenters. The highest BCUT2D eigenvalue weighted by Crippen LogP contribution is 2.22. The summed E-state index contributed by atoms with van der Waals surface area (Å²) in [7, 11) is 0. The quantitative estimate of drug-likeness (QED) is 0.454. The number of hydrogen-bond acceptors (Lipinski definition) is 2. The maximum atomic E-state index is 12.4. The lowest BCUT2D eigenvalue weighted by Crippen LogP contribution is -2.05. The third-order valence-corrected chi connectivity index (χ3v) is 4.14. The monoisotopic (exact) mass is 415 g/mol. The largest absolute Gasteiger partial charge is 0.399 e. The molecule has 0 bridgehead atoms. The number of halogens is 2. The first-order valence-corrected chi connectivity index (χ1v) is 7.22. The number of nitrogens with two attached hydrogens (primary N) is 1. The number of carbonyl (C=O) groups excluding carboxylic acids is 1. The van der Waals surface area contributed by atoms with Crippen molar-refractivity contribution in [2.45, 2.75) is 6.92 Å². The SMILES string of the molecule is Cc1cc(C(=O)c2cc(Br)ccc2I)ccc1N. The molecule has 0 fully saturated rings. The van der Waals surface area contributed by atoms with Crippen molar-refractivity contribution in [3.8, 4) is 0 Å². The Morgan fingerprint density at radius 1 is 1.22 bits per heavy atom. The lowest BCUT2D eigenvalue weighted by Gasteiger charge is -2.07. The number of nitrogen functional groups attached to an aromatic ring is 1. The van der Waals surface area contributed by atoms with Crippen molar-refractivity contribution in [1.29, 1.82) is 0 Å². The highest BCUT2D eigenvalue weighted by atomic mass is 127. The maximum absolute atomic E-state index is 12.4. The van der Waals surface area contributed by atoms with E-state index < -0.39 is 0 Å². The van der Waals surface area contributed by atoms with E-state index in [2.05, 4.69) is 38.5 Å². The molecule has 2 N–H and O–H groups in total. The van der Waals surface area contributed by atoms with E-state index in [9.17, 15) is 4.79 Å². The molecule has 2 aromatic carbocycles. The zero-order valence-corrected chi connectivity index (χ0v) is 13.4. The van der Waals surface area contributed by atoms with Gasteiger partial charge in [-0.15, -0.1) is 0 Å². The number of hydrogen-bond donors (Lipinski definition) is 1. The van der Waals surface area contributed by atoms with Crippen LogP contribution in [0.5, 0.6) is 0 Å². The average Bonchev–Trinajstić information content (AvgIpc) is 2.35. The van der Waals surface area contributed by atoms with Crippen LogP contribution in [-0.4, -0.2) is 5.78 Å². The molecule has 2 rings (SSSR count). The maximum Gasteiger partial charge on any atom is 0.194 e. The summed E-state index contributed by atoms with van der Waals surface area (Å²) in [6, 6.07) is 11.0. The van der Waals surface area contributed by atoms with Gasteiger partial charge in [0.2, 0.25) is 0 Å². The van der Waals surface area contributed by atoms with Crippen molar-refractivity contribution >= 4 is 50.0 Å². The van der Waals surface area contributed by atoms with E-state index in [1.54, 1.807) is 12.1 Å². The van der Waals surface area contributed by atoms with Crippen LogP contribution in [0.2, 0.25) is 0 Å². The van der Waals surface area contributed by atoms with E-state index in [0.717, 1.165) is 13.6 Å². The van der Waals surface area contributed by atoms with Gasteiger partial charge in [-0.1, -0.05) is 15.9 Å². The fourth-order valence-electron chi connectivity index (χ4n) is 1.64. The Morgan fingerprint density at radius 3 is 2.61 bits per heavy atom. The third-order valence-electron chi connectivity index (χ3n) is 2.71. The van der Waals surface area contributed by atoms with Crippen LogP contribution in [0.15, 0.2) is 40.9 Å². The van der Waals surface area contributed by atoms with Crippen molar-refractivity contribution in [3.05, 3.63) is 61.1 Å². The Morgan fingerprint density at radius 2 is 1.94 bits per heavy atom. The summed E-state index contributed by atoms with van der Waals surface area (Å²) < 4.78 is 1.84. The Kier molecular flexibility index (Phi) is 4.07. The molecule has 0 atom stereocenters. The summed E-state index contributed by atoms with van der Waals surface area (Å²) in [6.45, 7) is 1.90. The summed E-state index contributed by atoms with van der Waals surface area (Å²) in [5.74, 6) is 0.0174. The van der Waals surface area contributed by atoms with Gasteiger partial charge in [-0.05, 0) is 71.5 Å². The van der Waals surface area contributed by atoms with Crippen LogP contribution in [0.25, 0.3) is 0 Å². The summed E-state index contributed by atoms with van der Waals surface area (Å²) in [5, 5.41) is 0. The molecule has 0 heterocycles. The van der Waals surface area contributed by atoms with Gasteiger partial charge < -0.3 is 5.73 Å². The van der Waals surface area contributed by atoms with Crippen LogP contribution < -0.4 is 5.73 Å². The lowest BCUT2D eigenvalue weighted by molar-refractivity contribution is 0.103. The molecule has 2 nitrogen and oxygen atoms in total. The molecule has 0 radical (unpaired) electrons. The minimum atomic E-state index is 0.0174. The molecule has 0 aromatic heterocycles. The van der Waals surface area contributed by atoms with Gasteiger partial charge in [0.25, 0.3) is 0 Å². The topological polar surface area (TPSA) is 43.1 Å². The fraction of sp³-hybridized carbons (Fsp3) is 0.0714. The minimum absolute atomic E-state index is 0.0174. The Hall–Kier alpha value is -0.880. The summed E-state index contributed by atoms with van der Waals surface area (Å²) in [5.41, 5.74) is 8.75. The minimum Gasteiger partial charge on any atom is -0.399 e. The Balaban J connectivity index is 2.47. The van der Waals surface area contributed by atoms with Crippen LogP contribution in [-0.2, 0) is 0 Å². The fourth-order valence-corrected chi connectivity index (χ4v) is 2.59. The van der Waals surface area contributed by atoms with E-state index in [1.165, 1.54) is 0 Å². The number of aryl methyl sites for hydroxylation is 1. The van der Waals surface area contributed by atoms with Crippen LogP contribution in [0.1, 0.15) is 21.5 Å². The molecule has 0 aliphatic carbocycles. The van der Waals surface area contributed by atoms with Crippen LogP contribution >= 0.6 is 38.5 Å². The molecule has 2 aromatic rings. The van der Waals surface area contributed by atoms with Crippen molar-refractivity contribution < 1.29 is 4.79 Å². The first-order valence-electron chi connectivity index (χ1n) is 5.35. The van der Waals surface area contributed by atoms with Crippen molar-refractivity contribution in [3.63, 3.8) is 0 Å². The normalized spacial score (nSPS) is 10.4. The predicted molar refractivity (Wildman–Crippen MR) is 85.9 cm³/mol. The number of anilines is 1. The predicted octanol–water partition coefficient (Wildman–Crippen LogP) is 4.18. The van der Waals surface area contributed by atoms with Crippen LogP contribution in [0, 0.1) is 10.5 Å². The van der Waals surface area contributed by atoms with Crippen LogP contribution in [0.3, 0.4) is 0 Å². The summed E-state index contributed by atoms with van der Waals surface area (Å²) in [4.78, 5) is 12.4. The van der Waals surface area contributed by atoms with Crippen molar-refractivity contribution in [2.24, 2.45) is 0 Å². The van der Waals surface area contributed by atoms with Gasteiger partial charge in [0.05, 0.1) is 0 Å². The van der Waals surface area contributed by atoms with Gasteiger partial charge in [-0.3, -0.25) is 4.79 Å². The third kappa shape index (κ3) is 2.75.